The van der Waals surface area contributed by atoms with Crippen LogP contribution < -0.4 is 21.5 Å². The Labute approximate surface area is 108 Å². The van der Waals surface area contributed by atoms with Gasteiger partial charge < -0.3 is 15.2 Å². The normalized spacial score (nSPS) is 16.8. The molecule has 1 saturated heterocycles. The van der Waals surface area contributed by atoms with E-state index in [1.165, 1.54) is 4.57 Å². The number of nitrogens with zero attached hydrogens (tertiary/aromatic N) is 3. The van der Waals surface area contributed by atoms with E-state index in [9.17, 15) is 9.59 Å². The molecule has 1 aliphatic rings. The van der Waals surface area contributed by atoms with Crippen LogP contribution in [0.3, 0.4) is 0 Å². The van der Waals surface area contributed by atoms with Crippen molar-refractivity contribution in [3.63, 3.8) is 0 Å². The van der Waals surface area contributed by atoms with Gasteiger partial charge in [0, 0.05) is 26.7 Å². The number of H-pyrrole nitrogens is 2. The molecule has 2 aromatic heterocycles. The van der Waals surface area contributed by atoms with Gasteiger partial charge in [0.2, 0.25) is 5.95 Å². The Kier molecular flexibility index (Phi) is 2.86. The van der Waals surface area contributed by atoms with E-state index < -0.39 is 11.2 Å². The second-order valence-corrected chi connectivity index (χ2v) is 4.67. The predicted molar refractivity (Wildman–Crippen MR) is 71.7 cm³/mol. The van der Waals surface area contributed by atoms with Crippen molar-refractivity contribution in [1.82, 2.24) is 24.8 Å². The molecule has 0 aromatic carbocycles. The van der Waals surface area contributed by atoms with Gasteiger partial charge in [-0.2, -0.15) is 4.98 Å². The molecule has 0 spiro atoms. The second kappa shape index (κ2) is 4.54. The van der Waals surface area contributed by atoms with E-state index in [4.69, 9.17) is 0 Å². The third-order valence-electron chi connectivity index (χ3n) is 3.38. The first kappa shape index (κ1) is 12.0. The lowest BCUT2D eigenvalue weighted by atomic mass is 10.4. The molecule has 0 amide bonds. The third-order valence-corrected chi connectivity index (χ3v) is 3.38. The van der Waals surface area contributed by atoms with Gasteiger partial charge in [-0.15, -0.1) is 0 Å². The minimum atomic E-state index is -0.451. The first-order valence-electron chi connectivity index (χ1n) is 6.31. The molecule has 102 valence electrons. The number of aromatic amines is 2. The molecular formula is C11H16N6O2. The molecule has 0 radical (unpaired) electrons. The van der Waals surface area contributed by atoms with Gasteiger partial charge in [0.05, 0.1) is 0 Å². The van der Waals surface area contributed by atoms with Gasteiger partial charge in [0.15, 0.2) is 11.2 Å². The number of hydrogen-bond donors (Lipinski definition) is 3. The van der Waals surface area contributed by atoms with Crippen LogP contribution in [0.5, 0.6) is 0 Å². The number of nitrogens with one attached hydrogen (secondary N) is 3. The zero-order valence-electron chi connectivity index (χ0n) is 10.7. The van der Waals surface area contributed by atoms with Crippen molar-refractivity contribution in [2.75, 3.05) is 31.1 Å². The molecule has 0 bridgehead atoms. The summed E-state index contributed by atoms with van der Waals surface area (Å²) in [4.78, 5) is 35.0. The molecule has 3 N–H and O–H groups in total. The SMILES string of the molecule is Cn1c(=O)[nH]c(=O)c2[nH]c(N3CCCNCC3)nc21. The molecule has 0 unspecified atom stereocenters. The zero-order chi connectivity index (χ0) is 13.4. The summed E-state index contributed by atoms with van der Waals surface area (Å²) in [6.45, 7) is 3.56. The number of hydrogen-bond acceptors (Lipinski definition) is 5. The van der Waals surface area contributed by atoms with Crippen molar-refractivity contribution in [2.24, 2.45) is 7.05 Å². The van der Waals surface area contributed by atoms with E-state index >= 15 is 0 Å². The van der Waals surface area contributed by atoms with Crippen molar-refractivity contribution in [2.45, 2.75) is 6.42 Å². The van der Waals surface area contributed by atoms with E-state index in [2.05, 4.69) is 25.2 Å². The summed E-state index contributed by atoms with van der Waals surface area (Å²) >= 11 is 0. The Bertz CT molecular complexity index is 704. The van der Waals surface area contributed by atoms with Gasteiger partial charge in [0.25, 0.3) is 5.56 Å². The molecule has 0 atom stereocenters. The maximum atomic E-state index is 11.7. The molecule has 8 heteroatoms. The molecular weight excluding hydrogens is 248 g/mol. The topological polar surface area (TPSA) is 98.8 Å². The van der Waals surface area contributed by atoms with Crippen LogP contribution >= 0.6 is 0 Å². The number of aryl methyl sites for hydroxylation is 1. The molecule has 3 rings (SSSR count). The van der Waals surface area contributed by atoms with Gasteiger partial charge in [-0.1, -0.05) is 0 Å². The lowest BCUT2D eigenvalue weighted by Crippen LogP contribution is -2.28. The summed E-state index contributed by atoms with van der Waals surface area (Å²) in [5.41, 5.74) is -0.145. The van der Waals surface area contributed by atoms with Crippen molar-refractivity contribution >= 4 is 17.1 Å². The second-order valence-electron chi connectivity index (χ2n) is 4.67. The molecule has 1 fully saturated rings. The number of fused-ring (bicyclic) bond motifs is 1. The Balaban J connectivity index is 2.11. The van der Waals surface area contributed by atoms with Crippen molar-refractivity contribution < 1.29 is 0 Å². The first-order chi connectivity index (χ1) is 9.16. The van der Waals surface area contributed by atoms with Crippen LogP contribution in [0.4, 0.5) is 5.95 Å². The van der Waals surface area contributed by atoms with Crippen molar-refractivity contribution in [3.8, 4) is 0 Å². The molecule has 8 nitrogen and oxygen atoms in total. The van der Waals surface area contributed by atoms with E-state index in [1.807, 2.05) is 0 Å². The maximum Gasteiger partial charge on any atom is 0.329 e. The van der Waals surface area contributed by atoms with Gasteiger partial charge in [0.1, 0.15) is 0 Å². The quantitative estimate of drug-likeness (QED) is 0.598. The Morgan fingerprint density at radius 2 is 2.00 bits per heavy atom. The molecule has 2 aromatic rings. The monoisotopic (exact) mass is 264 g/mol. The largest absolute Gasteiger partial charge is 0.341 e. The molecule has 0 saturated carbocycles. The van der Waals surface area contributed by atoms with Gasteiger partial charge in [-0.05, 0) is 13.0 Å². The summed E-state index contributed by atoms with van der Waals surface area (Å²) < 4.78 is 1.34. The fourth-order valence-corrected chi connectivity index (χ4v) is 2.30. The minimum absolute atomic E-state index is 0.342. The molecule has 19 heavy (non-hydrogen) atoms. The number of anilines is 1. The Hall–Kier alpha value is -2.09. The van der Waals surface area contributed by atoms with Crippen LogP contribution in [-0.4, -0.2) is 45.7 Å². The van der Waals surface area contributed by atoms with E-state index in [0.29, 0.717) is 17.1 Å². The average Bonchev–Trinajstić information content (AvgIpc) is 2.66. The zero-order valence-corrected chi connectivity index (χ0v) is 10.7. The summed E-state index contributed by atoms with van der Waals surface area (Å²) in [5.74, 6) is 0.644. The Morgan fingerprint density at radius 1 is 1.16 bits per heavy atom. The van der Waals surface area contributed by atoms with E-state index in [-0.39, 0.29) is 0 Å². The fraction of sp³-hybridized carbons (Fsp3) is 0.545. The van der Waals surface area contributed by atoms with E-state index in [1.54, 1.807) is 7.05 Å². The van der Waals surface area contributed by atoms with Crippen LogP contribution in [0, 0.1) is 0 Å². The number of aromatic nitrogens is 4. The number of imidazole rings is 1. The highest BCUT2D eigenvalue weighted by Crippen LogP contribution is 2.13. The highest BCUT2D eigenvalue weighted by molar-refractivity contribution is 5.72. The lowest BCUT2D eigenvalue weighted by molar-refractivity contribution is 0.724. The van der Waals surface area contributed by atoms with Crippen molar-refractivity contribution in [1.29, 1.82) is 0 Å². The summed E-state index contributed by atoms with van der Waals surface area (Å²) in [6.07, 6.45) is 1.02. The van der Waals surface area contributed by atoms with Gasteiger partial charge in [-0.3, -0.25) is 14.3 Å². The predicted octanol–water partition coefficient (Wildman–Crippen LogP) is -1.25. The minimum Gasteiger partial charge on any atom is -0.341 e. The van der Waals surface area contributed by atoms with Crippen LogP contribution in [0.1, 0.15) is 6.42 Å². The summed E-state index contributed by atoms with van der Waals surface area (Å²) in [6, 6.07) is 0. The average molecular weight is 264 g/mol. The van der Waals surface area contributed by atoms with Crippen LogP contribution in [-0.2, 0) is 7.05 Å². The van der Waals surface area contributed by atoms with Crippen molar-refractivity contribution in [3.05, 3.63) is 20.8 Å². The lowest BCUT2D eigenvalue weighted by Gasteiger charge is -2.18. The Morgan fingerprint density at radius 3 is 2.84 bits per heavy atom. The summed E-state index contributed by atoms with van der Waals surface area (Å²) in [7, 11) is 1.59. The third kappa shape index (κ3) is 2.03. The van der Waals surface area contributed by atoms with Crippen LogP contribution in [0.25, 0.3) is 11.2 Å². The van der Waals surface area contributed by atoms with Gasteiger partial charge in [-0.25, -0.2) is 4.79 Å². The molecule has 1 aliphatic heterocycles. The number of rotatable bonds is 1. The smallest absolute Gasteiger partial charge is 0.329 e. The van der Waals surface area contributed by atoms with Crippen LogP contribution in [0.15, 0.2) is 9.59 Å². The van der Waals surface area contributed by atoms with E-state index in [0.717, 1.165) is 32.6 Å². The molecule has 3 heterocycles. The fourth-order valence-electron chi connectivity index (χ4n) is 2.30. The maximum absolute atomic E-state index is 11.7. The standard InChI is InChI=1S/C11H16N6O2/c1-16-8-7(9(18)15-11(16)19)13-10(14-8)17-5-2-3-12-4-6-17/h12H,2-6H2,1H3,(H,13,14)(H,15,18,19). The highest BCUT2D eigenvalue weighted by atomic mass is 16.2. The molecule has 0 aliphatic carbocycles. The summed E-state index contributed by atoms with van der Waals surface area (Å²) in [5, 5.41) is 3.31. The first-order valence-corrected chi connectivity index (χ1v) is 6.31. The highest BCUT2D eigenvalue weighted by Gasteiger charge is 2.16. The van der Waals surface area contributed by atoms with Crippen LogP contribution in [0.2, 0.25) is 0 Å². The van der Waals surface area contributed by atoms with Gasteiger partial charge >= 0.3 is 5.69 Å².